The Hall–Kier alpha value is -1.49. The highest BCUT2D eigenvalue weighted by molar-refractivity contribution is 6.30. The van der Waals surface area contributed by atoms with Crippen molar-refractivity contribution in [2.24, 2.45) is 0 Å². The van der Waals surface area contributed by atoms with Crippen LogP contribution in [0.15, 0.2) is 12.3 Å². The largest absolute Gasteiger partial charge is 0.217 e. The van der Waals surface area contributed by atoms with Crippen molar-refractivity contribution >= 4 is 11.6 Å². The Morgan fingerprint density at radius 1 is 1.36 bits per heavy atom. The molecule has 0 bridgehead atoms. The number of nitrogens with zero attached hydrogens (tertiary/aromatic N) is 5. The van der Waals surface area contributed by atoms with Gasteiger partial charge in [0.05, 0.1) is 11.2 Å². The van der Waals surface area contributed by atoms with Gasteiger partial charge in [-0.25, -0.2) is 4.98 Å². The van der Waals surface area contributed by atoms with Crippen molar-refractivity contribution in [1.29, 1.82) is 0 Å². The topological polar surface area (TPSA) is 56.5 Å². The smallest absolute Gasteiger partial charge is 0.179 e. The molecule has 0 atom stereocenters. The van der Waals surface area contributed by atoms with Crippen molar-refractivity contribution in [3.63, 3.8) is 0 Å². The predicted molar refractivity (Wildman–Crippen MR) is 51.4 cm³/mol. The maximum absolute atomic E-state index is 5.79. The molecule has 2 aromatic heterocycles. The van der Waals surface area contributed by atoms with Gasteiger partial charge in [-0.3, -0.25) is 0 Å². The van der Waals surface area contributed by atoms with Crippen LogP contribution in [0.4, 0.5) is 0 Å². The van der Waals surface area contributed by atoms with Gasteiger partial charge in [-0.2, -0.15) is 9.78 Å². The van der Waals surface area contributed by atoms with Crippen LogP contribution in [-0.4, -0.2) is 25.0 Å². The molecule has 5 nitrogen and oxygen atoms in total. The van der Waals surface area contributed by atoms with E-state index in [1.54, 1.807) is 10.7 Å². The van der Waals surface area contributed by atoms with E-state index in [1.807, 2.05) is 13.8 Å². The highest BCUT2D eigenvalue weighted by Gasteiger charge is 2.06. The van der Waals surface area contributed by atoms with Crippen molar-refractivity contribution in [3.05, 3.63) is 28.9 Å². The Morgan fingerprint density at radius 2 is 2.14 bits per heavy atom. The van der Waals surface area contributed by atoms with Gasteiger partial charge in [0, 0.05) is 6.07 Å². The lowest BCUT2D eigenvalue weighted by molar-refractivity contribution is 0.779. The van der Waals surface area contributed by atoms with Crippen molar-refractivity contribution in [2.75, 3.05) is 0 Å². The average molecular weight is 210 g/mol. The quantitative estimate of drug-likeness (QED) is 0.711. The minimum absolute atomic E-state index is 0.530. The average Bonchev–Trinajstić information content (AvgIpc) is 2.45. The van der Waals surface area contributed by atoms with Crippen LogP contribution in [0.5, 0.6) is 0 Å². The van der Waals surface area contributed by atoms with Gasteiger partial charge >= 0.3 is 0 Å². The number of hydrogen-bond donors (Lipinski definition) is 0. The molecule has 2 rings (SSSR count). The zero-order valence-corrected chi connectivity index (χ0v) is 8.52. The first kappa shape index (κ1) is 9.08. The highest BCUT2D eigenvalue weighted by Crippen LogP contribution is 2.10. The number of aryl methyl sites for hydroxylation is 2. The van der Waals surface area contributed by atoms with E-state index in [0.29, 0.717) is 16.7 Å². The highest BCUT2D eigenvalue weighted by atomic mass is 35.5. The number of halogens is 1. The zero-order valence-electron chi connectivity index (χ0n) is 7.77. The van der Waals surface area contributed by atoms with E-state index in [9.17, 15) is 0 Å². The molecule has 0 amide bonds. The van der Waals surface area contributed by atoms with Gasteiger partial charge in [-0.15, -0.1) is 10.2 Å². The first-order chi connectivity index (χ1) is 6.66. The summed E-state index contributed by atoms with van der Waals surface area (Å²) in [5.74, 6) is 2.04. The van der Waals surface area contributed by atoms with E-state index in [4.69, 9.17) is 11.6 Å². The van der Waals surface area contributed by atoms with Gasteiger partial charge in [0.2, 0.25) is 0 Å². The van der Waals surface area contributed by atoms with Crippen LogP contribution in [0.3, 0.4) is 0 Å². The SMILES string of the molecule is Cc1nc(C)n(-c2cc(Cl)cnn2)n1. The van der Waals surface area contributed by atoms with Gasteiger partial charge in [0.15, 0.2) is 5.82 Å². The molecule has 72 valence electrons. The van der Waals surface area contributed by atoms with Crippen molar-refractivity contribution in [2.45, 2.75) is 13.8 Å². The second-order valence-corrected chi connectivity index (χ2v) is 3.29. The third-order valence-electron chi connectivity index (χ3n) is 1.70. The lowest BCUT2D eigenvalue weighted by Crippen LogP contribution is -2.03. The minimum atomic E-state index is 0.530. The summed E-state index contributed by atoms with van der Waals surface area (Å²) in [6, 6.07) is 1.69. The van der Waals surface area contributed by atoms with Gasteiger partial charge in [0.1, 0.15) is 11.6 Å². The molecule has 14 heavy (non-hydrogen) atoms. The Kier molecular flexibility index (Phi) is 2.17. The van der Waals surface area contributed by atoms with Crippen molar-refractivity contribution < 1.29 is 0 Å². The minimum Gasteiger partial charge on any atom is -0.217 e. The first-order valence-corrected chi connectivity index (χ1v) is 4.43. The molecule has 0 N–H and O–H groups in total. The molecular weight excluding hydrogens is 202 g/mol. The molecule has 0 saturated carbocycles. The lowest BCUT2D eigenvalue weighted by Gasteiger charge is -1.99. The third kappa shape index (κ3) is 1.58. The standard InChI is InChI=1S/C8H8ClN5/c1-5-11-6(2)14(13-5)8-3-7(9)4-10-12-8/h3-4H,1-2H3. The summed E-state index contributed by atoms with van der Waals surface area (Å²) in [7, 11) is 0. The van der Waals surface area contributed by atoms with Crippen LogP contribution >= 0.6 is 11.6 Å². The van der Waals surface area contributed by atoms with E-state index in [0.717, 1.165) is 5.82 Å². The molecule has 0 aliphatic carbocycles. The Morgan fingerprint density at radius 3 is 2.71 bits per heavy atom. The Labute approximate surface area is 85.8 Å². The number of hydrogen-bond acceptors (Lipinski definition) is 4. The van der Waals surface area contributed by atoms with Crippen LogP contribution in [0, 0.1) is 13.8 Å². The molecule has 0 saturated heterocycles. The number of rotatable bonds is 1. The van der Waals surface area contributed by atoms with Crippen LogP contribution in [0.1, 0.15) is 11.6 Å². The molecule has 0 aliphatic heterocycles. The second kappa shape index (κ2) is 3.34. The molecule has 0 unspecified atom stereocenters. The van der Waals surface area contributed by atoms with E-state index in [-0.39, 0.29) is 0 Å². The molecule has 0 aromatic carbocycles. The summed E-state index contributed by atoms with van der Waals surface area (Å²) >= 11 is 5.79. The molecule has 0 spiro atoms. The van der Waals surface area contributed by atoms with E-state index < -0.39 is 0 Å². The lowest BCUT2D eigenvalue weighted by atomic mass is 10.5. The predicted octanol–water partition coefficient (Wildman–Crippen LogP) is 1.33. The summed E-state index contributed by atoms with van der Waals surface area (Å²) in [4.78, 5) is 4.16. The third-order valence-corrected chi connectivity index (χ3v) is 1.91. The molecule has 0 radical (unpaired) electrons. The zero-order chi connectivity index (χ0) is 10.1. The Balaban J connectivity index is 2.54. The summed E-state index contributed by atoms with van der Waals surface area (Å²) in [5, 5.41) is 12.3. The molecule has 2 aromatic rings. The van der Waals surface area contributed by atoms with Crippen molar-refractivity contribution in [1.82, 2.24) is 25.0 Å². The fraction of sp³-hybridized carbons (Fsp3) is 0.250. The fourth-order valence-electron chi connectivity index (χ4n) is 1.17. The van der Waals surface area contributed by atoms with Gasteiger partial charge in [-0.05, 0) is 13.8 Å². The molecule has 6 heteroatoms. The number of aromatic nitrogens is 5. The van der Waals surface area contributed by atoms with Crippen LogP contribution in [0.25, 0.3) is 5.82 Å². The van der Waals surface area contributed by atoms with E-state index in [2.05, 4.69) is 20.3 Å². The maximum Gasteiger partial charge on any atom is 0.179 e. The fourth-order valence-corrected chi connectivity index (χ4v) is 1.32. The van der Waals surface area contributed by atoms with Crippen LogP contribution < -0.4 is 0 Å². The maximum atomic E-state index is 5.79. The second-order valence-electron chi connectivity index (χ2n) is 2.85. The van der Waals surface area contributed by atoms with Crippen LogP contribution in [0.2, 0.25) is 5.02 Å². The first-order valence-electron chi connectivity index (χ1n) is 4.05. The summed E-state index contributed by atoms with van der Waals surface area (Å²) in [5.41, 5.74) is 0. The summed E-state index contributed by atoms with van der Waals surface area (Å²) in [6.45, 7) is 3.67. The van der Waals surface area contributed by atoms with Gasteiger partial charge in [0.25, 0.3) is 0 Å². The van der Waals surface area contributed by atoms with E-state index >= 15 is 0 Å². The van der Waals surface area contributed by atoms with Crippen molar-refractivity contribution in [3.8, 4) is 5.82 Å². The summed E-state index contributed by atoms with van der Waals surface area (Å²) in [6.07, 6.45) is 1.48. The van der Waals surface area contributed by atoms with Gasteiger partial charge < -0.3 is 0 Å². The summed E-state index contributed by atoms with van der Waals surface area (Å²) < 4.78 is 1.61. The van der Waals surface area contributed by atoms with E-state index in [1.165, 1.54) is 6.20 Å². The molecule has 0 aliphatic rings. The van der Waals surface area contributed by atoms with Gasteiger partial charge in [-0.1, -0.05) is 11.6 Å². The monoisotopic (exact) mass is 209 g/mol. The molecular formula is C8H8ClN5. The normalized spacial score (nSPS) is 10.5. The van der Waals surface area contributed by atoms with Crippen LogP contribution in [-0.2, 0) is 0 Å². The molecule has 0 fully saturated rings. The molecule has 2 heterocycles. The Bertz CT molecular complexity index is 465.